The van der Waals surface area contributed by atoms with Crippen LogP contribution in [0, 0.1) is 5.82 Å². The quantitative estimate of drug-likeness (QED) is 0.572. The summed E-state index contributed by atoms with van der Waals surface area (Å²) in [5, 5.41) is 12.7. The Labute approximate surface area is 161 Å². The van der Waals surface area contributed by atoms with E-state index in [0.29, 0.717) is 28.8 Å². The van der Waals surface area contributed by atoms with Crippen LogP contribution in [0.25, 0.3) is 11.1 Å². The zero-order valence-electron chi connectivity index (χ0n) is 15.2. The van der Waals surface area contributed by atoms with Crippen LogP contribution in [0.2, 0.25) is 0 Å². The summed E-state index contributed by atoms with van der Waals surface area (Å²) in [7, 11) is 0. The Morgan fingerprint density at radius 2 is 1.79 bits per heavy atom. The predicted octanol–water partition coefficient (Wildman–Crippen LogP) is 4.48. The minimum absolute atomic E-state index is 0.0626. The van der Waals surface area contributed by atoms with E-state index in [-0.39, 0.29) is 17.1 Å². The van der Waals surface area contributed by atoms with Crippen LogP contribution in [0.5, 0.6) is 5.75 Å². The maximum atomic E-state index is 15.2. The van der Waals surface area contributed by atoms with Crippen LogP contribution < -0.4 is 11.1 Å². The summed E-state index contributed by atoms with van der Waals surface area (Å²) in [6.07, 6.45) is 0.294. The van der Waals surface area contributed by atoms with Crippen LogP contribution in [-0.4, -0.2) is 16.9 Å². The van der Waals surface area contributed by atoms with E-state index in [2.05, 4.69) is 5.32 Å². The Morgan fingerprint density at radius 3 is 2.43 bits per heavy atom. The molecule has 0 atom stereocenters. The molecule has 0 fully saturated rings. The first kappa shape index (κ1) is 19.1. The SMILES string of the molecule is CC(=O)c1cccc(-c2c(O)ccc(Cc3ccc(NC(N)=O)cc3)c2F)c1. The molecule has 2 amide bonds. The predicted molar refractivity (Wildman–Crippen MR) is 106 cm³/mol. The third-order valence-corrected chi connectivity index (χ3v) is 4.37. The molecule has 142 valence electrons. The lowest BCUT2D eigenvalue weighted by molar-refractivity contribution is 0.101. The molecule has 28 heavy (non-hydrogen) atoms. The fourth-order valence-corrected chi connectivity index (χ4v) is 2.98. The van der Waals surface area contributed by atoms with Crippen molar-refractivity contribution in [2.45, 2.75) is 13.3 Å². The molecule has 0 aliphatic heterocycles. The number of halogens is 1. The average Bonchev–Trinajstić information content (AvgIpc) is 2.65. The number of nitrogens with one attached hydrogen (secondary N) is 1. The van der Waals surface area contributed by atoms with Crippen molar-refractivity contribution in [3.63, 3.8) is 0 Å². The van der Waals surface area contributed by atoms with Gasteiger partial charge in [0.05, 0.1) is 5.56 Å². The van der Waals surface area contributed by atoms with Gasteiger partial charge in [0, 0.05) is 17.7 Å². The van der Waals surface area contributed by atoms with Crippen LogP contribution in [0.3, 0.4) is 0 Å². The molecule has 3 rings (SSSR count). The highest BCUT2D eigenvalue weighted by molar-refractivity contribution is 5.95. The molecule has 0 unspecified atom stereocenters. The summed E-state index contributed by atoms with van der Waals surface area (Å²) in [4.78, 5) is 22.5. The van der Waals surface area contributed by atoms with Gasteiger partial charge in [0.1, 0.15) is 11.6 Å². The summed E-state index contributed by atoms with van der Waals surface area (Å²) >= 11 is 0. The number of carbonyl (C=O) groups excluding carboxylic acids is 2. The zero-order valence-corrected chi connectivity index (χ0v) is 15.2. The van der Waals surface area contributed by atoms with Gasteiger partial charge < -0.3 is 16.2 Å². The van der Waals surface area contributed by atoms with Crippen molar-refractivity contribution in [3.8, 4) is 16.9 Å². The van der Waals surface area contributed by atoms with E-state index in [0.717, 1.165) is 5.56 Å². The lowest BCUT2D eigenvalue weighted by Crippen LogP contribution is -2.19. The third kappa shape index (κ3) is 4.17. The number of benzene rings is 3. The number of ketones is 1. The average molecular weight is 378 g/mol. The van der Waals surface area contributed by atoms with Crippen molar-refractivity contribution in [3.05, 3.63) is 83.2 Å². The van der Waals surface area contributed by atoms with E-state index in [9.17, 15) is 14.7 Å². The Hall–Kier alpha value is -3.67. The van der Waals surface area contributed by atoms with Gasteiger partial charge in [-0.2, -0.15) is 0 Å². The first-order valence-corrected chi connectivity index (χ1v) is 8.62. The van der Waals surface area contributed by atoms with Gasteiger partial charge >= 0.3 is 6.03 Å². The number of aromatic hydroxyl groups is 1. The van der Waals surface area contributed by atoms with Gasteiger partial charge in [-0.05, 0) is 47.9 Å². The number of hydrogen-bond donors (Lipinski definition) is 3. The van der Waals surface area contributed by atoms with Crippen molar-refractivity contribution in [1.29, 1.82) is 0 Å². The van der Waals surface area contributed by atoms with Crippen LogP contribution >= 0.6 is 0 Å². The second-order valence-corrected chi connectivity index (χ2v) is 6.43. The summed E-state index contributed by atoms with van der Waals surface area (Å²) in [5.74, 6) is -0.870. The number of rotatable bonds is 5. The van der Waals surface area contributed by atoms with E-state index in [1.165, 1.54) is 19.1 Å². The molecule has 0 saturated carbocycles. The smallest absolute Gasteiger partial charge is 0.316 e. The van der Waals surface area contributed by atoms with Gasteiger partial charge in [-0.3, -0.25) is 4.79 Å². The van der Waals surface area contributed by atoms with E-state index in [1.54, 1.807) is 48.5 Å². The van der Waals surface area contributed by atoms with Crippen molar-refractivity contribution >= 4 is 17.5 Å². The molecule has 6 heteroatoms. The minimum atomic E-state index is -0.658. The van der Waals surface area contributed by atoms with Crippen LogP contribution in [0.15, 0.2) is 60.7 Å². The van der Waals surface area contributed by atoms with Gasteiger partial charge in [-0.15, -0.1) is 0 Å². The second-order valence-electron chi connectivity index (χ2n) is 6.43. The standard InChI is InChI=1S/C22H19FN2O3/c1-13(26)15-3-2-4-16(12-15)20-19(27)10-7-17(21(20)23)11-14-5-8-18(9-6-14)25-22(24)28/h2-10,12,27H,11H2,1H3,(H3,24,25,28). The molecule has 3 aromatic carbocycles. The minimum Gasteiger partial charge on any atom is -0.507 e. The molecule has 0 bridgehead atoms. The Kier molecular flexibility index (Phi) is 5.40. The normalized spacial score (nSPS) is 10.5. The zero-order chi connectivity index (χ0) is 20.3. The van der Waals surface area contributed by atoms with Crippen molar-refractivity contribution in [1.82, 2.24) is 0 Å². The summed E-state index contributed by atoms with van der Waals surface area (Å²) in [6, 6.07) is 15.7. The van der Waals surface area contributed by atoms with Gasteiger partial charge in [-0.25, -0.2) is 9.18 Å². The monoisotopic (exact) mass is 378 g/mol. The number of phenols is 1. The summed E-state index contributed by atoms with van der Waals surface area (Å²) in [6.45, 7) is 1.43. The van der Waals surface area contributed by atoms with Gasteiger partial charge in [-0.1, -0.05) is 36.4 Å². The van der Waals surface area contributed by atoms with Crippen LogP contribution in [0.1, 0.15) is 28.4 Å². The molecule has 5 nitrogen and oxygen atoms in total. The topological polar surface area (TPSA) is 92.4 Å². The first-order chi connectivity index (χ1) is 13.3. The molecular formula is C22H19FN2O3. The molecule has 0 saturated heterocycles. The fourth-order valence-electron chi connectivity index (χ4n) is 2.98. The van der Waals surface area contributed by atoms with Crippen LogP contribution in [-0.2, 0) is 6.42 Å². The summed E-state index contributed by atoms with van der Waals surface area (Å²) < 4.78 is 15.2. The molecule has 0 heterocycles. The Balaban J connectivity index is 1.94. The van der Waals surface area contributed by atoms with Crippen molar-refractivity contribution < 1.29 is 19.1 Å². The number of hydrogen-bond acceptors (Lipinski definition) is 3. The van der Waals surface area contributed by atoms with E-state index in [1.807, 2.05) is 0 Å². The highest BCUT2D eigenvalue weighted by Gasteiger charge is 2.16. The molecule has 0 spiro atoms. The largest absolute Gasteiger partial charge is 0.507 e. The molecule has 0 aromatic heterocycles. The highest BCUT2D eigenvalue weighted by Crippen LogP contribution is 2.35. The highest BCUT2D eigenvalue weighted by atomic mass is 19.1. The molecule has 3 aromatic rings. The number of anilines is 1. The van der Waals surface area contributed by atoms with E-state index < -0.39 is 11.8 Å². The molecule has 0 aliphatic carbocycles. The van der Waals surface area contributed by atoms with Crippen LogP contribution in [0.4, 0.5) is 14.9 Å². The second kappa shape index (κ2) is 7.92. The molecular weight excluding hydrogens is 359 g/mol. The number of urea groups is 1. The first-order valence-electron chi connectivity index (χ1n) is 8.62. The third-order valence-electron chi connectivity index (χ3n) is 4.37. The number of phenolic OH excluding ortho intramolecular Hbond substituents is 1. The van der Waals surface area contributed by atoms with E-state index in [4.69, 9.17) is 5.73 Å². The number of nitrogens with two attached hydrogens (primary N) is 1. The number of amides is 2. The molecule has 4 N–H and O–H groups in total. The Morgan fingerprint density at radius 1 is 1.07 bits per heavy atom. The molecule has 0 radical (unpaired) electrons. The van der Waals surface area contributed by atoms with Gasteiger partial charge in [0.15, 0.2) is 5.78 Å². The van der Waals surface area contributed by atoms with Crippen molar-refractivity contribution in [2.75, 3.05) is 5.32 Å². The van der Waals surface area contributed by atoms with E-state index >= 15 is 4.39 Å². The fraction of sp³-hybridized carbons (Fsp3) is 0.0909. The lowest BCUT2D eigenvalue weighted by Gasteiger charge is -2.12. The van der Waals surface area contributed by atoms with Gasteiger partial charge in [0.2, 0.25) is 0 Å². The number of carbonyl (C=O) groups is 2. The maximum Gasteiger partial charge on any atom is 0.316 e. The maximum absolute atomic E-state index is 15.2. The number of primary amides is 1. The van der Waals surface area contributed by atoms with Gasteiger partial charge in [0.25, 0.3) is 0 Å². The Bertz CT molecular complexity index is 1050. The summed E-state index contributed by atoms with van der Waals surface area (Å²) in [5.41, 5.74) is 7.79. The van der Waals surface area contributed by atoms with Crippen molar-refractivity contribution in [2.24, 2.45) is 5.73 Å². The molecule has 0 aliphatic rings. The number of Topliss-reactive ketones (excluding diaryl/α,β-unsaturated/α-hetero) is 1. The lowest BCUT2D eigenvalue weighted by atomic mass is 9.95.